The lowest BCUT2D eigenvalue weighted by atomic mass is 10.3. The van der Waals surface area contributed by atoms with Gasteiger partial charge < -0.3 is 14.8 Å². The van der Waals surface area contributed by atoms with Crippen LogP contribution in [-0.2, 0) is 28.9 Å². The minimum absolute atomic E-state index is 0.000933. The van der Waals surface area contributed by atoms with E-state index in [9.17, 15) is 18.0 Å². The van der Waals surface area contributed by atoms with Crippen molar-refractivity contribution in [2.75, 3.05) is 31.4 Å². The predicted octanol–water partition coefficient (Wildman–Crippen LogP) is 0.608. The molecule has 1 N–H and O–H groups in total. The van der Waals surface area contributed by atoms with Crippen LogP contribution in [0.25, 0.3) is 0 Å². The summed E-state index contributed by atoms with van der Waals surface area (Å²) in [6, 6.07) is 5.97. The molecule has 21 heavy (non-hydrogen) atoms. The van der Waals surface area contributed by atoms with Crippen molar-refractivity contribution in [2.24, 2.45) is 0 Å². The summed E-state index contributed by atoms with van der Waals surface area (Å²) in [4.78, 5) is 22.8. The van der Waals surface area contributed by atoms with Crippen molar-refractivity contribution >= 4 is 27.4 Å². The highest BCUT2D eigenvalue weighted by Crippen LogP contribution is 2.20. The molecule has 0 atom stereocenters. The fourth-order valence-corrected chi connectivity index (χ4v) is 2.30. The van der Waals surface area contributed by atoms with Crippen molar-refractivity contribution in [2.45, 2.75) is 11.8 Å². The predicted molar refractivity (Wildman–Crippen MR) is 75.6 cm³/mol. The zero-order valence-corrected chi connectivity index (χ0v) is 12.6. The third-order valence-corrected chi connectivity index (χ3v) is 3.50. The highest BCUT2D eigenvalue weighted by molar-refractivity contribution is 7.90. The molecule has 1 aromatic rings. The number of amides is 1. The second kappa shape index (κ2) is 7.75. The van der Waals surface area contributed by atoms with Crippen molar-refractivity contribution < 1.29 is 27.5 Å². The first-order valence-corrected chi connectivity index (χ1v) is 8.06. The van der Waals surface area contributed by atoms with E-state index in [0.717, 1.165) is 6.26 Å². The van der Waals surface area contributed by atoms with E-state index in [1.165, 1.54) is 12.1 Å². The van der Waals surface area contributed by atoms with Gasteiger partial charge in [0, 0.05) is 12.9 Å². The van der Waals surface area contributed by atoms with Crippen LogP contribution in [0.3, 0.4) is 0 Å². The zero-order valence-electron chi connectivity index (χ0n) is 11.8. The Morgan fingerprint density at radius 2 is 1.86 bits per heavy atom. The van der Waals surface area contributed by atoms with Crippen LogP contribution in [0, 0.1) is 0 Å². The van der Waals surface area contributed by atoms with Crippen LogP contribution in [0.15, 0.2) is 29.2 Å². The molecule has 0 fully saturated rings. The zero-order chi connectivity index (χ0) is 15.9. The average molecular weight is 315 g/mol. The van der Waals surface area contributed by atoms with Crippen LogP contribution in [0.4, 0.5) is 5.69 Å². The van der Waals surface area contributed by atoms with Gasteiger partial charge in [0.05, 0.1) is 10.6 Å². The van der Waals surface area contributed by atoms with Crippen LogP contribution in [0.1, 0.15) is 6.92 Å². The summed E-state index contributed by atoms with van der Waals surface area (Å²) in [7, 11) is -3.46. The number of esters is 1. The number of ether oxygens (including phenoxy) is 2. The molecule has 0 aliphatic heterocycles. The molecule has 1 amide bonds. The Labute approximate surface area is 123 Å². The topological polar surface area (TPSA) is 98.8 Å². The molecule has 0 aliphatic carbocycles. The summed E-state index contributed by atoms with van der Waals surface area (Å²) in [6.45, 7) is 1.35. The van der Waals surface area contributed by atoms with Crippen molar-refractivity contribution in [3.63, 3.8) is 0 Å². The average Bonchev–Trinajstić information content (AvgIpc) is 2.42. The van der Waals surface area contributed by atoms with E-state index in [4.69, 9.17) is 4.74 Å². The van der Waals surface area contributed by atoms with E-state index in [-0.39, 0.29) is 17.2 Å². The first-order chi connectivity index (χ1) is 9.84. The normalized spacial score (nSPS) is 11.0. The van der Waals surface area contributed by atoms with Gasteiger partial charge in [-0.25, -0.2) is 13.2 Å². The van der Waals surface area contributed by atoms with Gasteiger partial charge in [0.1, 0.15) is 6.61 Å². The van der Waals surface area contributed by atoms with Crippen LogP contribution in [0.2, 0.25) is 0 Å². The largest absolute Gasteiger partial charge is 0.454 e. The number of rotatable bonds is 7. The van der Waals surface area contributed by atoms with Gasteiger partial charge >= 0.3 is 5.97 Å². The lowest BCUT2D eigenvalue weighted by molar-refractivity contribution is -0.151. The quantitative estimate of drug-likeness (QED) is 0.740. The Bertz CT molecular complexity index is 611. The van der Waals surface area contributed by atoms with Crippen molar-refractivity contribution in [1.82, 2.24) is 0 Å². The van der Waals surface area contributed by atoms with Gasteiger partial charge in [-0.3, -0.25) is 4.79 Å². The Kier molecular flexibility index (Phi) is 6.32. The van der Waals surface area contributed by atoms with Gasteiger partial charge in [0.15, 0.2) is 16.4 Å². The molecule has 0 unspecified atom stereocenters. The van der Waals surface area contributed by atoms with Crippen LogP contribution in [-0.4, -0.2) is 46.4 Å². The smallest absolute Gasteiger partial charge is 0.332 e. The van der Waals surface area contributed by atoms with Gasteiger partial charge in [-0.1, -0.05) is 12.1 Å². The second-order valence-corrected chi connectivity index (χ2v) is 6.10. The Morgan fingerprint density at radius 1 is 1.19 bits per heavy atom. The molecule has 0 heterocycles. The monoisotopic (exact) mass is 315 g/mol. The standard InChI is InChI=1S/C13H17NO6S/c1-3-19-9-13(16)20-8-12(15)14-10-6-4-5-7-11(10)21(2,17)18/h4-7H,3,8-9H2,1-2H3,(H,14,15). The summed E-state index contributed by atoms with van der Waals surface area (Å²) >= 11 is 0. The number of nitrogens with one attached hydrogen (secondary N) is 1. The van der Waals surface area contributed by atoms with Gasteiger partial charge in [-0.05, 0) is 19.1 Å². The molecule has 0 saturated carbocycles. The van der Waals surface area contributed by atoms with Crippen LogP contribution >= 0.6 is 0 Å². The number of anilines is 1. The van der Waals surface area contributed by atoms with Gasteiger partial charge in [-0.15, -0.1) is 0 Å². The number of hydrogen-bond acceptors (Lipinski definition) is 6. The third kappa shape index (κ3) is 5.92. The number of para-hydroxylation sites is 1. The lowest BCUT2D eigenvalue weighted by Gasteiger charge is -2.10. The summed E-state index contributed by atoms with van der Waals surface area (Å²) in [6.07, 6.45) is 1.04. The van der Waals surface area contributed by atoms with E-state index in [1.807, 2.05) is 0 Å². The molecular weight excluding hydrogens is 298 g/mol. The second-order valence-electron chi connectivity index (χ2n) is 4.11. The molecular formula is C13H17NO6S. The van der Waals surface area contributed by atoms with Crippen molar-refractivity contribution in [3.8, 4) is 0 Å². The molecule has 1 aromatic carbocycles. The first-order valence-electron chi connectivity index (χ1n) is 6.17. The molecule has 8 heteroatoms. The van der Waals surface area contributed by atoms with Gasteiger partial charge in [0.2, 0.25) is 0 Å². The molecule has 7 nitrogen and oxygen atoms in total. The number of hydrogen-bond donors (Lipinski definition) is 1. The maximum absolute atomic E-state index is 11.6. The maximum Gasteiger partial charge on any atom is 0.332 e. The highest BCUT2D eigenvalue weighted by atomic mass is 32.2. The lowest BCUT2D eigenvalue weighted by Crippen LogP contribution is -2.23. The third-order valence-electron chi connectivity index (χ3n) is 2.35. The fraction of sp³-hybridized carbons (Fsp3) is 0.385. The van der Waals surface area contributed by atoms with Gasteiger partial charge in [-0.2, -0.15) is 0 Å². The fourth-order valence-electron chi connectivity index (χ4n) is 1.45. The summed E-state index contributed by atoms with van der Waals surface area (Å²) in [5.41, 5.74) is 0.144. The number of carbonyl (C=O) groups excluding carboxylic acids is 2. The molecule has 116 valence electrons. The molecule has 1 rings (SSSR count). The summed E-state index contributed by atoms with van der Waals surface area (Å²) in [5, 5.41) is 2.39. The van der Waals surface area contributed by atoms with Crippen molar-refractivity contribution in [1.29, 1.82) is 0 Å². The molecule has 0 spiro atoms. The Morgan fingerprint density at radius 3 is 2.48 bits per heavy atom. The minimum Gasteiger partial charge on any atom is -0.454 e. The van der Waals surface area contributed by atoms with E-state index in [0.29, 0.717) is 6.61 Å². The molecule has 0 radical (unpaired) electrons. The van der Waals surface area contributed by atoms with Crippen molar-refractivity contribution in [3.05, 3.63) is 24.3 Å². The number of benzene rings is 1. The van der Waals surface area contributed by atoms with Gasteiger partial charge in [0.25, 0.3) is 5.91 Å². The number of sulfone groups is 1. The van der Waals surface area contributed by atoms with Crippen LogP contribution in [0.5, 0.6) is 0 Å². The summed E-state index contributed by atoms with van der Waals surface area (Å²) < 4.78 is 32.6. The molecule has 0 aromatic heterocycles. The SMILES string of the molecule is CCOCC(=O)OCC(=O)Nc1ccccc1S(C)(=O)=O. The Balaban J connectivity index is 2.62. The first kappa shape index (κ1) is 17.1. The van der Waals surface area contributed by atoms with E-state index < -0.39 is 28.3 Å². The maximum atomic E-state index is 11.6. The Hall–Kier alpha value is -1.93. The van der Waals surface area contributed by atoms with Crippen LogP contribution < -0.4 is 5.32 Å². The molecule has 0 saturated heterocycles. The highest BCUT2D eigenvalue weighted by Gasteiger charge is 2.15. The van der Waals surface area contributed by atoms with E-state index >= 15 is 0 Å². The number of carbonyl (C=O) groups is 2. The van der Waals surface area contributed by atoms with E-state index in [1.54, 1.807) is 19.1 Å². The van der Waals surface area contributed by atoms with E-state index in [2.05, 4.69) is 10.1 Å². The molecule has 0 bridgehead atoms. The summed E-state index contributed by atoms with van der Waals surface area (Å²) in [5.74, 6) is -1.29. The molecule has 0 aliphatic rings. The minimum atomic E-state index is -3.46.